The van der Waals surface area contributed by atoms with E-state index in [4.69, 9.17) is 38.4 Å². The number of halogens is 2. The van der Waals surface area contributed by atoms with Gasteiger partial charge >= 0.3 is 0 Å². The first-order valence-corrected chi connectivity index (χ1v) is 7.70. The quantitative estimate of drug-likeness (QED) is 0.754. The number of benzene rings is 1. The fourth-order valence-corrected chi connectivity index (χ4v) is 3.11. The van der Waals surface area contributed by atoms with Crippen LogP contribution in [0.2, 0.25) is 10.0 Å². The highest BCUT2D eigenvalue weighted by atomic mass is 35.5. The van der Waals surface area contributed by atoms with Gasteiger partial charge in [0, 0.05) is 49.0 Å². The van der Waals surface area contributed by atoms with Crippen LogP contribution in [0.25, 0.3) is 0 Å². The van der Waals surface area contributed by atoms with Crippen LogP contribution in [0, 0.1) is 0 Å². The van der Waals surface area contributed by atoms with Crippen molar-refractivity contribution in [2.75, 3.05) is 40.5 Å². The summed E-state index contributed by atoms with van der Waals surface area (Å²) >= 11 is 12.7. The molecule has 2 unspecified atom stereocenters. The highest BCUT2D eigenvalue weighted by Gasteiger charge is 2.27. The van der Waals surface area contributed by atoms with Gasteiger partial charge in [0.25, 0.3) is 0 Å². The Kier molecular flexibility index (Phi) is 8.56. The Labute approximate surface area is 137 Å². The highest BCUT2D eigenvalue weighted by Crippen LogP contribution is 2.34. The van der Waals surface area contributed by atoms with Crippen LogP contribution in [0.15, 0.2) is 18.2 Å². The van der Waals surface area contributed by atoms with Crippen molar-refractivity contribution in [3.63, 3.8) is 0 Å². The van der Waals surface area contributed by atoms with Crippen LogP contribution in [-0.4, -0.2) is 51.5 Å². The molecule has 0 heterocycles. The molecule has 0 aliphatic carbocycles. The minimum atomic E-state index is -0.0773. The number of ether oxygens (including phenoxy) is 2. The van der Waals surface area contributed by atoms with Gasteiger partial charge in [-0.25, -0.2) is 0 Å². The molecule has 2 N–H and O–H groups in total. The zero-order chi connectivity index (χ0) is 15.8. The third-order valence-electron chi connectivity index (χ3n) is 3.48. The Bertz CT molecular complexity index is 412. The maximum atomic E-state index is 6.33. The molecule has 1 rings (SSSR count). The normalized spacial score (nSPS) is 14.4. The fraction of sp³-hybridized carbons (Fsp3) is 0.600. The molecule has 0 spiro atoms. The van der Waals surface area contributed by atoms with Crippen LogP contribution in [-0.2, 0) is 9.47 Å². The average Bonchev–Trinajstić information content (AvgIpc) is 2.45. The van der Waals surface area contributed by atoms with Gasteiger partial charge in [-0.3, -0.25) is 4.90 Å². The molecule has 0 radical (unpaired) electrons. The molecule has 0 aromatic heterocycles. The Morgan fingerprint density at radius 3 is 2.29 bits per heavy atom. The molecule has 1 aromatic rings. The molecule has 0 aliphatic heterocycles. The van der Waals surface area contributed by atoms with Gasteiger partial charge in [-0.2, -0.15) is 0 Å². The van der Waals surface area contributed by atoms with Crippen LogP contribution < -0.4 is 5.73 Å². The summed E-state index contributed by atoms with van der Waals surface area (Å²) in [4.78, 5) is 2.22. The lowest BCUT2D eigenvalue weighted by molar-refractivity contribution is 0.0487. The van der Waals surface area contributed by atoms with Crippen molar-refractivity contribution in [2.24, 2.45) is 5.73 Å². The molecular weight excluding hydrogens is 311 g/mol. The van der Waals surface area contributed by atoms with E-state index >= 15 is 0 Å². The Balaban J connectivity index is 3.10. The summed E-state index contributed by atoms with van der Waals surface area (Å²) in [7, 11) is 3.37. The van der Waals surface area contributed by atoms with Crippen molar-refractivity contribution in [3.05, 3.63) is 33.8 Å². The lowest BCUT2D eigenvalue weighted by Gasteiger charge is -2.36. The Hall–Kier alpha value is -0.360. The van der Waals surface area contributed by atoms with Gasteiger partial charge in [-0.1, -0.05) is 29.3 Å². The number of nitrogens with two attached hydrogens (primary N) is 1. The second-order valence-corrected chi connectivity index (χ2v) is 5.74. The van der Waals surface area contributed by atoms with Crippen LogP contribution in [0.5, 0.6) is 0 Å². The van der Waals surface area contributed by atoms with Gasteiger partial charge in [-0.05, 0) is 19.1 Å². The Morgan fingerprint density at radius 1 is 1.19 bits per heavy atom. The molecule has 0 aliphatic rings. The zero-order valence-electron chi connectivity index (χ0n) is 12.8. The molecule has 21 heavy (non-hydrogen) atoms. The molecule has 0 saturated carbocycles. The molecule has 4 nitrogen and oxygen atoms in total. The van der Waals surface area contributed by atoms with E-state index < -0.39 is 0 Å². The lowest BCUT2D eigenvalue weighted by atomic mass is 10.0. The second kappa shape index (κ2) is 9.62. The van der Waals surface area contributed by atoms with Crippen molar-refractivity contribution in [2.45, 2.75) is 19.0 Å². The van der Waals surface area contributed by atoms with Crippen LogP contribution in [0.1, 0.15) is 18.5 Å². The number of methoxy groups -OCH3 is 2. The van der Waals surface area contributed by atoms with E-state index in [-0.39, 0.29) is 12.1 Å². The van der Waals surface area contributed by atoms with E-state index in [0.717, 1.165) is 12.1 Å². The number of rotatable bonds is 9. The molecule has 120 valence electrons. The van der Waals surface area contributed by atoms with Gasteiger partial charge in [0.15, 0.2) is 0 Å². The van der Waals surface area contributed by atoms with Crippen LogP contribution >= 0.6 is 23.2 Å². The van der Waals surface area contributed by atoms with Gasteiger partial charge in [0.2, 0.25) is 0 Å². The van der Waals surface area contributed by atoms with E-state index in [9.17, 15) is 0 Å². The summed E-state index contributed by atoms with van der Waals surface area (Å²) in [6.45, 7) is 4.44. The van der Waals surface area contributed by atoms with E-state index in [1.165, 1.54) is 0 Å². The first-order valence-electron chi connectivity index (χ1n) is 6.94. The minimum absolute atomic E-state index is 0.0773. The SMILES string of the molecule is COCCN(C(C)COC)C(CN)c1c(Cl)cccc1Cl. The largest absolute Gasteiger partial charge is 0.383 e. The van der Waals surface area contributed by atoms with Crippen molar-refractivity contribution in [1.82, 2.24) is 4.90 Å². The standard InChI is InChI=1S/C15H24Cl2N2O2/c1-11(10-21-3)19(7-8-20-2)14(9-18)15-12(16)5-4-6-13(15)17/h4-6,11,14H,7-10,18H2,1-3H3. The van der Waals surface area contributed by atoms with Gasteiger partial charge in [0.1, 0.15) is 0 Å². The maximum Gasteiger partial charge on any atom is 0.0615 e. The summed E-state index contributed by atoms with van der Waals surface area (Å²) in [6, 6.07) is 5.60. The zero-order valence-corrected chi connectivity index (χ0v) is 14.3. The topological polar surface area (TPSA) is 47.7 Å². The van der Waals surface area contributed by atoms with Gasteiger partial charge in [0.05, 0.1) is 19.3 Å². The van der Waals surface area contributed by atoms with Crippen LogP contribution in [0.4, 0.5) is 0 Å². The molecule has 6 heteroatoms. The van der Waals surface area contributed by atoms with Crippen molar-refractivity contribution in [3.8, 4) is 0 Å². The molecule has 0 bridgehead atoms. The lowest BCUT2D eigenvalue weighted by Crippen LogP contribution is -2.44. The predicted octanol–water partition coefficient (Wildman–Crippen LogP) is 2.98. The Morgan fingerprint density at radius 2 is 1.81 bits per heavy atom. The minimum Gasteiger partial charge on any atom is -0.383 e. The number of nitrogens with zero attached hydrogens (tertiary/aromatic N) is 1. The van der Waals surface area contributed by atoms with E-state index in [1.807, 2.05) is 18.2 Å². The van der Waals surface area contributed by atoms with Crippen molar-refractivity contribution < 1.29 is 9.47 Å². The number of hydrogen-bond acceptors (Lipinski definition) is 4. The van der Waals surface area contributed by atoms with Crippen molar-refractivity contribution >= 4 is 23.2 Å². The molecular formula is C15H24Cl2N2O2. The molecule has 1 aromatic carbocycles. The second-order valence-electron chi connectivity index (χ2n) is 4.92. The summed E-state index contributed by atoms with van der Waals surface area (Å²) in [5.41, 5.74) is 6.87. The van der Waals surface area contributed by atoms with E-state index in [0.29, 0.717) is 29.8 Å². The van der Waals surface area contributed by atoms with Crippen LogP contribution in [0.3, 0.4) is 0 Å². The first kappa shape index (κ1) is 18.7. The average molecular weight is 335 g/mol. The summed E-state index contributed by atoms with van der Waals surface area (Å²) < 4.78 is 10.5. The smallest absolute Gasteiger partial charge is 0.0615 e. The monoisotopic (exact) mass is 334 g/mol. The molecule has 2 atom stereocenters. The van der Waals surface area contributed by atoms with Gasteiger partial charge in [-0.15, -0.1) is 0 Å². The van der Waals surface area contributed by atoms with Gasteiger partial charge < -0.3 is 15.2 Å². The predicted molar refractivity (Wildman–Crippen MR) is 88.2 cm³/mol. The fourth-order valence-electron chi connectivity index (χ4n) is 2.47. The first-order chi connectivity index (χ1) is 10.1. The molecule has 0 amide bonds. The maximum absolute atomic E-state index is 6.33. The summed E-state index contributed by atoms with van der Waals surface area (Å²) in [5, 5.41) is 1.26. The number of hydrogen-bond donors (Lipinski definition) is 1. The van der Waals surface area contributed by atoms with Crippen molar-refractivity contribution in [1.29, 1.82) is 0 Å². The third-order valence-corrected chi connectivity index (χ3v) is 4.14. The third kappa shape index (κ3) is 5.09. The highest BCUT2D eigenvalue weighted by molar-refractivity contribution is 6.36. The summed E-state index contributed by atoms with van der Waals surface area (Å²) in [6.07, 6.45) is 0. The van der Waals surface area contributed by atoms with E-state index in [2.05, 4.69) is 11.8 Å². The molecule has 0 saturated heterocycles. The van der Waals surface area contributed by atoms with E-state index in [1.54, 1.807) is 14.2 Å². The summed E-state index contributed by atoms with van der Waals surface area (Å²) in [5.74, 6) is 0. The molecule has 0 fully saturated rings.